The Balaban J connectivity index is 1.59. The number of benzene rings is 1. The first kappa shape index (κ1) is 15.0. The molecule has 1 amide bonds. The molecule has 0 saturated carbocycles. The van der Waals surface area contributed by atoms with Crippen LogP contribution in [-0.2, 0) is 4.74 Å². The molecule has 120 valence electrons. The van der Waals surface area contributed by atoms with Gasteiger partial charge in [0.05, 0.1) is 18.5 Å². The average Bonchev–Trinajstić information content (AvgIpc) is 2.72. The van der Waals surface area contributed by atoms with Crippen LogP contribution in [0.15, 0.2) is 18.2 Å². The summed E-state index contributed by atoms with van der Waals surface area (Å²) in [6.07, 6.45) is 3.76. The van der Waals surface area contributed by atoms with E-state index in [1.165, 1.54) is 12.8 Å². The van der Waals surface area contributed by atoms with Crippen LogP contribution in [0.2, 0.25) is 0 Å². The zero-order valence-corrected chi connectivity index (χ0v) is 13.0. The fourth-order valence-corrected chi connectivity index (χ4v) is 3.52. The lowest BCUT2D eigenvalue weighted by molar-refractivity contribution is 0.0348. The highest BCUT2D eigenvalue weighted by atomic mass is 16.6. The molecule has 3 rings (SSSR count). The van der Waals surface area contributed by atoms with Crippen molar-refractivity contribution in [3.63, 3.8) is 0 Å². The normalized spacial score (nSPS) is 27.5. The van der Waals surface area contributed by atoms with Crippen molar-refractivity contribution < 1.29 is 14.3 Å². The van der Waals surface area contributed by atoms with Crippen molar-refractivity contribution in [1.29, 1.82) is 0 Å². The molecule has 0 aliphatic carbocycles. The molecule has 1 aromatic rings. The molecule has 2 atom stereocenters. The first-order chi connectivity index (χ1) is 10.6. The van der Waals surface area contributed by atoms with Crippen molar-refractivity contribution >= 4 is 17.5 Å². The molecule has 0 aromatic heterocycles. The van der Waals surface area contributed by atoms with Gasteiger partial charge in [-0.05, 0) is 32.0 Å². The van der Waals surface area contributed by atoms with E-state index in [1.807, 2.05) is 0 Å². The van der Waals surface area contributed by atoms with Crippen LogP contribution in [0.4, 0.5) is 16.2 Å². The van der Waals surface area contributed by atoms with Gasteiger partial charge in [0.15, 0.2) is 0 Å². The molecule has 1 aromatic carbocycles. The maximum absolute atomic E-state index is 12.1. The van der Waals surface area contributed by atoms with E-state index in [4.69, 9.17) is 15.2 Å². The molecule has 2 saturated heterocycles. The fourth-order valence-electron chi connectivity index (χ4n) is 3.52. The van der Waals surface area contributed by atoms with Gasteiger partial charge in [0.2, 0.25) is 0 Å². The summed E-state index contributed by atoms with van der Waals surface area (Å²) in [5.41, 5.74) is 6.87. The molecule has 6 heteroatoms. The van der Waals surface area contributed by atoms with E-state index in [0.29, 0.717) is 29.2 Å². The first-order valence-electron chi connectivity index (χ1n) is 7.70. The molecule has 6 nitrogen and oxygen atoms in total. The monoisotopic (exact) mass is 305 g/mol. The van der Waals surface area contributed by atoms with E-state index >= 15 is 0 Å². The van der Waals surface area contributed by atoms with Crippen LogP contribution in [0.1, 0.15) is 25.7 Å². The minimum absolute atomic E-state index is 0.0134. The minimum atomic E-state index is -0.450. The number of carbonyl (C=O) groups excluding carboxylic acids is 1. The molecule has 22 heavy (non-hydrogen) atoms. The average molecular weight is 305 g/mol. The number of methoxy groups -OCH3 is 1. The summed E-state index contributed by atoms with van der Waals surface area (Å²) < 4.78 is 10.7. The summed E-state index contributed by atoms with van der Waals surface area (Å²) in [6, 6.07) is 6.22. The molecule has 2 unspecified atom stereocenters. The second kappa shape index (κ2) is 6.04. The predicted octanol–water partition coefficient (Wildman–Crippen LogP) is 2.45. The number of ether oxygens (including phenoxy) is 2. The van der Waals surface area contributed by atoms with Crippen molar-refractivity contribution in [1.82, 2.24) is 4.90 Å². The van der Waals surface area contributed by atoms with Crippen LogP contribution >= 0.6 is 0 Å². The van der Waals surface area contributed by atoms with Gasteiger partial charge in [-0.2, -0.15) is 0 Å². The van der Waals surface area contributed by atoms with Crippen molar-refractivity contribution in [3.8, 4) is 5.75 Å². The number of amides is 1. The molecule has 2 aliphatic rings. The summed E-state index contributed by atoms with van der Waals surface area (Å²) >= 11 is 0. The van der Waals surface area contributed by atoms with E-state index in [1.54, 1.807) is 25.3 Å². The Morgan fingerprint density at radius 3 is 2.64 bits per heavy atom. The highest BCUT2D eigenvalue weighted by molar-refractivity contribution is 5.89. The molecular weight excluding hydrogens is 282 g/mol. The number of piperidine rings is 1. The van der Waals surface area contributed by atoms with Crippen LogP contribution in [0.3, 0.4) is 0 Å². The number of hydrogen-bond donors (Lipinski definition) is 2. The lowest BCUT2D eigenvalue weighted by atomic mass is 10.0. The molecule has 2 fully saturated rings. The second-order valence-corrected chi connectivity index (χ2v) is 6.13. The first-order valence-corrected chi connectivity index (χ1v) is 7.70. The molecule has 2 bridgehead atoms. The van der Waals surface area contributed by atoms with Crippen molar-refractivity contribution in [2.75, 3.05) is 25.2 Å². The third kappa shape index (κ3) is 2.97. The summed E-state index contributed by atoms with van der Waals surface area (Å²) in [7, 11) is 3.73. The smallest absolute Gasteiger partial charge is 0.411 e. The van der Waals surface area contributed by atoms with Gasteiger partial charge in [0, 0.05) is 31.0 Å². The van der Waals surface area contributed by atoms with Gasteiger partial charge in [0.1, 0.15) is 11.9 Å². The Bertz CT molecular complexity index is 550. The van der Waals surface area contributed by atoms with Crippen molar-refractivity contribution in [3.05, 3.63) is 18.2 Å². The van der Waals surface area contributed by atoms with Gasteiger partial charge in [0.25, 0.3) is 0 Å². The van der Waals surface area contributed by atoms with Gasteiger partial charge in [-0.3, -0.25) is 5.32 Å². The molecular formula is C16H23N3O3. The van der Waals surface area contributed by atoms with Crippen LogP contribution in [0.25, 0.3) is 0 Å². The number of nitrogen functional groups attached to an aromatic ring is 1. The van der Waals surface area contributed by atoms with Crippen molar-refractivity contribution in [2.24, 2.45) is 0 Å². The van der Waals surface area contributed by atoms with E-state index in [2.05, 4.69) is 17.3 Å². The number of anilines is 2. The number of nitrogens with two attached hydrogens (primary N) is 1. The fraction of sp³-hybridized carbons (Fsp3) is 0.562. The van der Waals surface area contributed by atoms with E-state index < -0.39 is 6.09 Å². The second-order valence-electron chi connectivity index (χ2n) is 6.13. The Kier molecular flexibility index (Phi) is 4.11. The van der Waals surface area contributed by atoms with E-state index in [-0.39, 0.29) is 6.10 Å². The minimum Gasteiger partial charge on any atom is -0.497 e. The zero-order valence-electron chi connectivity index (χ0n) is 13.0. The lowest BCUT2D eigenvalue weighted by Crippen LogP contribution is -2.43. The maximum atomic E-state index is 12.1. The van der Waals surface area contributed by atoms with Crippen molar-refractivity contribution in [2.45, 2.75) is 43.9 Å². The Hall–Kier alpha value is -1.95. The maximum Gasteiger partial charge on any atom is 0.411 e. The zero-order chi connectivity index (χ0) is 15.7. The molecule has 2 heterocycles. The molecule has 2 aliphatic heterocycles. The topological polar surface area (TPSA) is 76.8 Å². The Morgan fingerprint density at radius 1 is 1.32 bits per heavy atom. The van der Waals surface area contributed by atoms with Crippen LogP contribution in [0, 0.1) is 0 Å². The van der Waals surface area contributed by atoms with Gasteiger partial charge >= 0.3 is 6.09 Å². The standard InChI is InChI=1S/C16H23N3O3/c1-19-10-3-4-11(19)8-13(7-10)22-16(20)18-15-9-12(21-2)5-6-14(15)17/h5-6,9-11,13H,3-4,7-8,17H2,1-2H3,(H,18,20). The SMILES string of the molecule is COc1ccc(N)c(NC(=O)OC2CC3CCC(C2)N3C)c1. The molecule has 0 radical (unpaired) electrons. The quantitative estimate of drug-likeness (QED) is 0.839. The third-order valence-electron chi connectivity index (χ3n) is 4.83. The lowest BCUT2D eigenvalue weighted by Gasteiger charge is -2.35. The highest BCUT2D eigenvalue weighted by Gasteiger charge is 2.39. The summed E-state index contributed by atoms with van der Waals surface area (Å²) in [5.74, 6) is 0.641. The largest absolute Gasteiger partial charge is 0.497 e. The van der Waals surface area contributed by atoms with Crippen LogP contribution in [0.5, 0.6) is 5.75 Å². The van der Waals surface area contributed by atoms with Gasteiger partial charge in [-0.25, -0.2) is 4.79 Å². The van der Waals surface area contributed by atoms with Crippen LogP contribution < -0.4 is 15.8 Å². The Labute approximate surface area is 130 Å². The van der Waals surface area contributed by atoms with Gasteiger partial charge < -0.3 is 20.1 Å². The Morgan fingerprint density at radius 2 is 2.00 bits per heavy atom. The number of fused-ring (bicyclic) bond motifs is 2. The highest BCUT2D eigenvalue weighted by Crippen LogP contribution is 2.35. The third-order valence-corrected chi connectivity index (χ3v) is 4.83. The molecule has 0 spiro atoms. The number of nitrogens with zero attached hydrogens (tertiary/aromatic N) is 1. The van der Waals surface area contributed by atoms with Crippen LogP contribution in [-0.4, -0.2) is 43.3 Å². The summed E-state index contributed by atoms with van der Waals surface area (Å²) in [4.78, 5) is 14.5. The van der Waals surface area contributed by atoms with E-state index in [0.717, 1.165) is 12.8 Å². The number of nitrogens with one attached hydrogen (secondary N) is 1. The number of rotatable bonds is 3. The number of hydrogen-bond acceptors (Lipinski definition) is 5. The summed E-state index contributed by atoms with van der Waals surface area (Å²) in [6.45, 7) is 0. The number of carbonyl (C=O) groups is 1. The predicted molar refractivity (Wildman–Crippen MR) is 85.1 cm³/mol. The van der Waals surface area contributed by atoms with E-state index in [9.17, 15) is 4.79 Å². The van der Waals surface area contributed by atoms with Gasteiger partial charge in [-0.15, -0.1) is 0 Å². The summed E-state index contributed by atoms with van der Waals surface area (Å²) in [5, 5.41) is 2.71. The van der Waals surface area contributed by atoms with Gasteiger partial charge in [-0.1, -0.05) is 0 Å². The molecule has 3 N–H and O–H groups in total.